The van der Waals surface area contributed by atoms with Crippen LogP contribution in [0.5, 0.6) is 0 Å². The van der Waals surface area contributed by atoms with E-state index in [-0.39, 0.29) is 24.4 Å². The van der Waals surface area contributed by atoms with Crippen molar-refractivity contribution in [2.75, 3.05) is 0 Å². The highest BCUT2D eigenvalue weighted by Gasteiger charge is 2.20. The first-order valence-electron chi connectivity index (χ1n) is 5.72. The molecular formula is C13H20Cl2N2O. The second kappa shape index (κ2) is 7.62. The van der Waals surface area contributed by atoms with Crippen LogP contribution in [0.25, 0.3) is 0 Å². The molecule has 3 nitrogen and oxygen atoms in total. The maximum atomic E-state index is 11.9. The van der Waals surface area contributed by atoms with Crippen molar-refractivity contribution >= 4 is 29.9 Å². The maximum Gasteiger partial charge on any atom is 0.239 e. The summed E-state index contributed by atoms with van der Waals surface area (Å²) in [6.45, 7) is 6.20. The van der Waals surface area contributed by atoms with E-state index in [1.807, 2.05) is 38.1 Å². The highest BCUT2D eigenvalue weighted by atomic mass is 35.5. The summed E-state index contributed by atoms with van der Waals surface area (Å²) in [5.74, 6) is -0.0417. The van der Waals surface area contributed by atoms with Crippen LogP contribution in [-0.4, -0.2) is 22.9 Å². The molecule has 1 atom stereocenters. The molecule has 1 amide bonds. The minimum Gasteiger partial charge on any atom is -0.335 e. The lowest BCUT2D eigenvalue weighted by molar-refractivity contribution is -0.134. The topological polar surface area (TPSA) is 46.3 Å². The second-order valence-electron chi connectivity index (χ2n) is 4.48. The van der Waals surface area contributed by atoms with Crippen molar-refractivity contribution in [2.45, 2.75) is 39.4 Å². The van der Waals surface area contributed by atoms with Crippen LogP contribution in [0, 0.1) is 0 Å². The normalized spacial score (nSPS) is 11.9. The molecule has 5 heteroatoms. The predicted molar refractivity (Wildman–Crippen MR) is 78.0 cm³/mol. The summed E-state index contributed by atoms with van der Waals surface area (Å²) in [6, 6.07) is 7.16. The van der Waals surface area contributed by atoms with Gasteiger partial charge < -0.3 is 10.6 Å². The quantitative estimate of drug-likeness (QED) is 0.927. The van der Waals surface area contributed by atoms with Crippen molar-refractivity contribution < 1.29 is 4.79 Å². The molecule has 0 heterocycles. The van der Waals surface area contributed by atoms with Gasteiger partial charge in [0.2, 0.25) is 5.91 Å². The van der Waals surface area contributed by atoms with Crippen LogP contribution >= 0.6 is 24.0 Å². The number of hydrogen-bond donors (Lipinski definition) is 1. The molecule has 0 fully saturated rings. The van der Waals surface area contributed by atoms with Gasteiger partial charge in [0, 0.05) is 17.6 Å². The summed E-state index contributed by atoms with van der Waals surface area (Å²) >= 11 is 5.92. The molecule has 0 saturated heterocycles. The Morgan fingerprint density at radius 2 is 2.00 bits per heavy atom. The van der Waals surface area contributed by atoms with Gasteiger partial charge in [-0.25, -0.2) is 0 Å². The summed E-state index contributed by atoms with van der Waals surface area (Å²) in [4.78, 5) is 13.7. The number of hydrogen-bond acceptors (Lipinski definition) is 2. The standard InChI is InChI=1S/C13H19ClN2O.ClH/c1-9(2)16(13(17)10(3)15)8-11-5-4-6-12(14)7-11;/h4-7,9-10H,8,15H2,1-3H3;1H. The fourth-order valence-electron chi connectivity index (χ4n) is 1.61. The number of benzene rings is 1. The zero-order valence-electron chi connectivity index (χ0n) is 10.9. The summed E-state index contributed by atoms with van der Waals surface area (Å²) in [6.07, 6.45) is 0. The molecule has 1 aromatic carbocycles. The van der Waals surface area contributed by atoms with Gasteiger partial charge in [0.25, 0.3) is 0 Å². The largest absolute Gasteiger partial charge is 0.335 e. The van der Waals surface area contributed by atoms with Crippen molar-refractivity contribution in [3.63, 3.8) is 0 Å². The van der Waals surface area contributed by atoms with Gasteiger partial charge in [0.15, 0.2) is 0 Å². The number of amides is 1. The van der Waals surface area contributed by atoms with E-state index in [4.69, 9.17) is 17.3 Å². The molecule has 0 radical (unpaired) electrons. The van der Waals surface area contributed by atoms with Crippen LogP contribution in [0.2, 0.25) is 5.02 Å². The van der Waals surface area contributed by atoms with Crippen molar-refractivity contribution in [3.8, 4) is 0 Å². The average molecular weight is 291 g/mol. The summed E-state index contributed by atoms with van der Waals surface area (Å²) in [5.41, 5.74) is 6.65. The Morgan fingerprint density at radius 3 is 2.44 bits per heavy atom. The molecule has 0 aliphatic rings. The Bertz CT molecular complexity index is 394. The Labute approximate surface area is 120 Å². The third kappa shape index (κ3) is 4.84. The van der Waals surface area contributed by atoms with Gasteiger partial charge in [-0.1, -0.05) is 23.7 Å². The third-order valence-electron chi connectivity index (χ3n) is 2.54. The number of carbonyl (C=O) groups is 1. The van der Waals surface area contributed by atoms with Crippen LogP contribution in [0.3, 0.4) is 0 Å². The summed E-state index contributed by atoms with van der Waals surface area (Å²) < 4.78 is 0. The Balaban J connectivity index is 0.00000289. The van der Waals surface area contributed by atoms with E-state index in [1.54, 1.807) is 11.8 Å². The van der Waals surface area contributed by atoms with Gasteiger partial charge in [-0.05, 0) is 38.5 Å². The van der Waals surface area contributed by atoms with Crippen molar-refractivity contribution in [3.05, 3.63) is 34.9 Å². The van der Waals surface area contributed by atoms with Crippen molar-refractivity contribution in [1.82, 2.24) is 4.90 Å². The second-order valence-corrected chi connectivity index (χ2v) is 4.91. The highest BCUT2D eigenvalue weighted by molar-refractivity contribution is 6.30. The number of carbonyl (C=O) groups excluding carboxylic acids is 1. The molecule has 2 N–H and O–H groups in total. The molecule has 0 saturated carbocycles. The lowest BCUT2D eigenvalue weighted by Crippen LogP contribution is -2.45. The molecule has 0 aliphatic carbocycles. The fourth-order valence-corrected chi connectivity index (χ4v) is 1.82. The van der Waals surface area contributed by atoms with E-state index in [0.29, 0.717) is 11.6 Å². The molecule has 102 valence electrons. The van der Waals surface area contributed by atoms with Crippen LogP contribution in [0.15, 0.2) is 24.3 Å². The fraction of sp³-hybridized carbons (Fsp3) is 0.462. The zero-order chi connectivity index (χ0) is 13.0. The smallest absolute Gasteiger partial charge is 0.239 e. The number of nitrogens with two attached hydrogens (primary N) is 1. The van der Waals surface area contributed by atoms with E-state index in [1.165, 1.54) is 0 Å². The van der Waals surface area contributed by atoms with E-state index >= 15 is 0 Å². The van der Waals surface area contributed by atoms with E-state index in [9.17, 15) is 4.79 Å². The Kier molecular flexibility index (Phi) is 7.29. The molecule has 0 bridgehead atoms. The monoisotopic (exact) mass is 290 g/mol. The van der Waals surface area contributed by atoms with E-state index in [0.717, 1.165) is 5.56 Å². The molecule has 1 aromatic rings. The Hall–Kier alpha value is -0.770. The molecule has 0 spiro atoms. The van der Waals surface area contributed by atoms with E-state index < -0.39 is 6.04 Å². The molecule has 18 heavy (non-hydrogen) atoms. The first kappa shape index (κ1) is 17.2. The van der Waals surface area contributed by atoms with Gasteiger partial charge in [0.05, 0.1) is 6.04 Å². The maximum absolute atomic E-state index is 11.9. The van der Waals surface area contributed by atoms with Crippen LogP contribution in [-0.2, 0) is 11.3 Å². The van der Waals surface area contributed by atoms with Crippen LogP contribution in [0.4, 0.5) is 0 Å². The average Bonchev–Trinajstić information content (AvgIpc) is 2.24. The minimum absolute atomic E-state index is 0. The van der Waals surface area contributed by atoms with Gasteiger partial charge in [0.1, 0.15) is 0 Å². The van der Waals surface area contributed by atoms with Crippen LogP contribution < -0.4 is 5.73 Å². The van der Waals surface area contributed by atoms with Crippen molar-refractivity contribution in [1.29, 1.82) is 0 Å². The zero-order valence-corrected chi connectivity index (χ0v) is 12.5. The number of halogens is 2. The van der Waals surface area contributed by atoms with Gasteiger partial charge in [-0.15, -0.1) is 12.4 Å². The van der Waals surface area contributed by atoms with E-state index in [2.05, 4.69) is 0 Å². The minimum atomic E-state index is -0.475. The Morgan fingerprint density at radius 1 is 1.39 bits per heavy atom. The summed E-state index contributed by atoms with van der Waals surface area (Å²) in [5, 5.41) is 0.680. The van der Waals surface area contributed by atoms with Gasteiger partial charge in [-0.3, -0.25) is 4.79 Å². The number of rotatable bonds is 4. The van der Waals surface area contributed by atoms with Gasteiger partial charge in [-0.2, -0.15) is 0 Å². The SMILES string of the molecule is CC(N)C(=O)N(Cc1cccc(Cl)c1)C(C)C.Cl. The van der Waals surface area contributed by atoms with Crippen molar-refractivity contribution in [2.24, 2.45) is 5.73 Å². The molecule has 0 aromatic heterocycles. The molecular weight excluding hydrogens is 271 g/mol. The lowest BCUT2D eigenvalue weighted by Gasteiger charge is -2.28. The number of nitrogens with zero attached hydrogens (tertiary/aromatic N) is 1. The first-order chi connectivity index (χ1) is 7.91. The third-order valence-corrected chi connectivity index (χ3v) is 2.77. The first-order valence-corrected chi connectivity index (χ1v) is 6.10. The molecule has 1 unspecified atom stereocenters. The lowest BCUT2D eigenvalue weighted by atomic mass is 10.1. The highest BCUT2D eigenvalue weighted by Crippen LogP contribution is 2.14. The predicted octanol–water partition coefficient (Wildman–Crippen LogP) is 2.85. The molecule has 0 aliphatic heterocycles. The van der Waals surface area contributed by atoms with Crippen LogP contribution in [0.1, 0.15) is 26.3 Å². The summed E-state index contributed by atoms with van der Waals surface area (Å²) in [7, 11) is 0. The van der Waals surface area contributed by atoms with Gasteiger partial charge >= 0.3 is 0 Å². The molecule has 1 rings (SSSR count).